The topological polar surface area (TPSA) is 85.9 Å². The minimum atomic E-state index is -0.774. The molecule has 0 unspecified atom stereocenters. The molecule has 3 N–H and O–H groups in total. The molecule has 2 rings (SSSR count). The Bertz CT molecular complexity index is 876. The van der Waals surface area contributed by atoms with Crippen LogP contribution in [0.1, 0.15) is 11.1 Å². The van der Waals surface area contributed by atoms with Gasteiger partial charge < -0.3 is 15.2 Å². The van der Waals surface area contributed by atoms with Gasteiger partial charge in [0.25, 0.3) is 0 Å². The number of halogens is 5. The van der Waals surface area contributed by atoms with Crippen LogP contribution in [0.15, 0.2) is 23.3 Å². The van der Waals surface area contributed by atoms with Crippen LogP contribution in [0.3, 0.4) is 0 Å². The molecule has 0 saturated heterocycles. The van der Waals surface area contributed by atoms with Crippen molar-refractivity contribution in [2.24, 2.45) is 10.8 Å². The highest BCUT2D eigenvalue weighted by atomic mass is 35.5. The summed E-state index contributed by atoms with van der Waals surface area (Å²) in [5.41, 5.74) is 8.36. The van der Waals surface area contributed by atoms with Crippen LogP contribution >= 0.6 is 58.0 Å². The van der Waals surface area contributed by atoms with Crippen LogP contribution in [-0.4, -0.2) is 19.4 Å². The van der Waals surface area contributed by atoms with Gasteiger partial charge >= 0.3 is 6.03 Å². The fourth-order valence-electron chi connectivity index (χ4n) is 2.02. The summed E-state index contributed by atoms with van der Waals surface area (Å²) in [5, 5.41) is 3.89. The van der Waals surface area contributed by atoms with Gasteiger partial charge in [0, 0.05) is 5.56 Å². The zero-order chi connectivity index (χ0) is 20.1. The number of urea groups is 1. The maximum absolute atomic E-state index is 10.7. The molecule has 0 aromatic heterocycles. The largest absolute Gasteiger partial charge is 0.496 e. The number of methoxy groups -OCH3 is 1. The summed E-state index contributed by atoms with van der Waals surface area (Å²) in [6, 6.07) is 4.38. The summed E-state index contributed by atoms with van der Waals surface area (Å²) < 4.78 is 11.0. The standard InChI is InChI=1S/C16H12Cl5N3O3/c1-26-9-3-2-7(5-23-24-16(22)25)4-8(9)6-27-15-13(20)11(18)10(17)12(19)14(15)21/h2-5H,6H2,1H3,(H3,22,24,25). The maximum atomic E-state index is 10.7. The molecular formula is C16H12Cl5N3O3. The van der Waals surface area contributed by atoms with Gasteiger partial charge in [0.15, 0.2) is 5.75 Å². The van der Waals surface area contributed by atoms with Gasteiger partial charge in [0.05, 0.1) is 28.4 Å². The lowest BCUT2D eigenvalue weighted by atomic mass is 10.1. The average Bonchev–Trinajstić information content (AvgIpc) is 2.64. The van der Waals surface area contributed by atoms with E-state index in [1.165, 1.54) is 13.3 Å². The third-order valence-electron chi connectivity index (χ3n) is 3.23. The molecule has 27 heavy (non-hydrogen) atoms. The first kappa shape index (κ1) is 21.7. The second-order valence-corrected chi connectivity index (χ2v) is 6.88. The molecule has 11 heteroatoms. The van der Waals surface area contributed by atoms with E-state index in [4.69, 9.17) is 73.2 Å². The van der Waals surface area contributed by atoms with Crippen molar-refractivity contribution >= 4 is 70.3 Å². The fraction of sp³-hybridized carbons (Fsp3) is 0.125. The summed E-state index contributed by atoms with van der Waals surface area (Å²) in [7, 11) is 1.51. The van der Waals surface area contributed by atoms with Gasteiger partial charge in [0.1, 0.15) is 22.4 Å². The van der Waals surface area contributed by atoms with E-state index in [0.717, 1.165) is 0 Å². The van der Waals surface area contributed by atoms with Crippen molar-refractivity contribution in [3.05, 3.63) is 54.4 Å². The Balaban J connectivity index is 2.30. The smallest absolute Gasteiger partial charge is 0.332 e. The first-order chi connectivity index (χ1) is 12.8. The number of primary amides is 1. The summed E-state index contributed by atoms with van der Waals surface area (Å²) in [4.78, 5) is 10.7. The van der Waals surface area contributed by atoms with Crippen LogP contribution in [0.4, 0.5) is 4.79 Å². The molecule has 2 aromatic rings. The van der Waals surface area contributed by atoms with Gasteiger partial charge in [-0.2, -0.15) is 5.10 Å². The SMILES string of the molecule is COc1ccc(C=NNC(N)=O)cc1COc1c(Cl)c(Cl)c(Cl)c(Cl)c1Cl. The van der Waals surface area contributed by atoms with E-state index in [9.17, 15) is 4.79 Å². The first-order valence-corrected chi connectivity index (χ1v) is 9.04. The van der Waals surface area contributed by atoms with E-state index in [-0.39, 0.29) is 37.5 Å². The highest BCUT2D eigenvalue weighted by Gasteiger charge is 2.21. The second kappa shape index (κ2) is 9.57. The molecule has 0 heterocycles. The van der Waals surface area contributed by atoms with Gasteiger partial charge in [-0.1, -0.05) is 58.0 Å². The molecule has 0 atom stereocenters. The lowest BCUT2D eigenvalue weighted by molar-refractivity contribution is 0.249. The molecule has 0 bridgehead atoms. The third-order valence-corrected chi connectivity index (χ3v) is 5.48. The number of hydrazone groups is 1. The number of ether oxygens (including phenoxy) is 2. The molecule has 0 aliphatic heterocycles. The number of carbonyl (C=O) groups excluding carboxylic acids is 1. The Hall–Kier alpha value is -1.57. The van der Waals surface area contributed by atoms with Crippen LogP contribution in [-0.2, 0) is 6.61 Å². The van der Waals surface area contributed by atoms with Gasteiger partial charge in [-0.15, -0.1) is 0 Å². The number of benzene rings is 2. The lowest BCUT2D eigenvalue weighted by Crippen LogP contribution is -2.24. The van der Waals surface area contributed by atoms with E-state index in [0.29, 0.717) is 16.9 Å². The molecule has 0 fully saturated rings. The van der Waals surface area contributed by atoms with Gasteiger partial charge in [0.2, 0.25) is 0 Å². The Morgan fingerprint density at radius 3 is 2.26 bits per heavy atom. The van der Waals surface area contributed by atoms with Crippen molar-refractivity contribution in [2.75, 3.05) is 7.11 Å². The number of nitrogens with one attached hydrogen (secondary N) is 1. The summed E-state index contributed by atoms with van der Waals surface area (Å²) in [5.74, 6) is 0.641. The zero-order valence-electron chi connectivity index (χ0n) is 13.7. The molecule has 144 valence electrons. The van der Waals surface area contributed by atoms with Crippen LogP contribution in [0, 0.1) is 0 Å². The van der Waals surface area contributed by atoms with E-state index < -0.39 is 6.03 Å². The highest BCUT2D eigenvalue weighted by molar-refractivity contribution is 6.55. The van der Waals surface area contributed by atoms with Crippen molar-refractivity contribution in [1.82, 2.24) is 5.43 Å². The van der Waals surface area contributed by atoms with Crippen molar-refractivity contribution in [3.63, 3.8) is 0 Å². The van der Waals surface area contributed by atoms with Crippen LogP contribution in [0.25, 0.3) is 0 Å². The first-order valence-electron chi connectivity index (χ1n) is 7.15. The number of carbonyl (C=O) groups is 1. The molecule has 2 aromatic carbocycles. The summed E-state index contributed by atoms with van der Waals surface area (Å²) >= 11 is 30.3. The van der Waals surface area contributed by atoms with E-state index >= 15 is 0 Å². The van der Waals surface area contributed by atoms with E-state index in [2.05, 4.69) is 10.5 Å². The van der Waals surface area contributed by atoms with Crippen molar-refractivity contribution in [2.45, 2.75) is 6.61 Å². The Kier molecular flexibility index (Phi) is 7.70. The van der Waals surface area contributed by atoms with Crippen LogP contribution in [0.2, 0.25) is 25.1 Å². The third kappa shape index (κ3) is 5.24. The lowest BCUT2D eigenvalue weighted by Gasteiger charge is -2.15. The minimum Gasteiger partial charge on any atom is -0.496 e. The molecule has 0 aliphatic carbocycles. The number of nitrogens with zero attached hydrogens (tertiary/aromatic N) is 1. The Morgan fingerprint density at radius 2 is 1.70 bits per heavy atom. The Labute approximate surface area is 180 Å². The van der Waals surface area contributed by atoms with E-state index in [1.54, 1.807) is 18.2 Å². The van der Waals surface area contributed by atoms with Crippen molar-refractivity contribution in [3.8, 4) is 11.5 Å². The molecule has 0 spiro atoms. The number of hydrogen-bond acceptors (Lipinski definition) is 4. The fourth-order valence-corrected chi connectivity index (χ4v) is 3.25. The van der Waals surface area contributed by atoms with E-state index in [1.807, 2.05) is 0 Å². The predicted octanol–water partition coefficient (Wildman–Crippen LogP) is 5.54. The van der Waals surface area contributed by atoms with Gasteiger partial charge in [-0.05, 0) is 23.8 Å². The van der Waals surface area contributed by atoms with Crippen LogP contribution in [0.5, 0.6) is 11.5 Å². The molecule has 6 nitrogen and oxygen atoms in total. The molecular weight excluding hydrogens is 459 g/mol. The number of nitrogens with two attached hydrogens (primary N) is 1. The number of rotatable bonds is 6. The average molecular weight is 472 g/mol. The normalized spacial score (nSPS) is 10.9. The van der Waals surface area contributed by atoms with Crippen molar-refractivity contribution in [1.29, 1.82) is 0 Å². The molecule has 0 saturated carbocycles. The summed E-state index contributed by atoms with van der Waals surface area (Å²) in [6.45, 7) is 0.0296. The van der Waals surface area contributed by atoms with Crippen LogP contribution < -0.4 is 20.6 Å². The quantitative estimate of drug-likeness (QED) is 0.251. The van der Waals surface area contributed by atoms with Crippen molar-refractivity contribution < 1.29 is 14.3 Å². The Morgan fingerprint density at radius 1 is 1.11 bits per heavy atom. The highest BCUT2D eigenvalue weighted by Crippen LogP contribution is 2.48. The number of hydrogen-bond donors (Lipinski definition) is 2. The van der Waals surface area contributed by atoms with Gasteiger partial charge in [-0.3, -0.25) is 0 Å². The predicted molar refractivity (Wildman–Crippen MR) is 109 cm³/mol. The molecule has 0 aliphatic rings. The second-order valence-electron chi connectivity index (χ2n) is 4.99. The number of amides is 2. The zero-order valence-corrected chi connectivity index (χ0v) is 17.4. The van der Waals surface area contributed by atoms with Gasteiger partial charge in [-0.25, -0.2) is 10.2 Å². The minimum absolute atomic E-state index is 0.0296. The molecule has 2 amide bonds. The summed E-state index contributed by atoms with van der Waals surface area (Å²) in [6.07, 6.45) is 1.41. The monoisotopic (exact) mass is 469 g/mol. The molecule has 0 radical (unpaired) electrons. The maximum Gasteiger partial charge on any atom is 0.332 e.